The number of anilines is 1. The summed E-state index contributed by atoms with van der Waals surface area (Å²) in [6.07, 6.45) is 3.22. The number of nitrogens with one attached hydrogen (secondary N) is 1. The first-order valence-corrected chi connectivity index (χ1v) is 9.73. The van der Waals surface area contributed by atoms with Crippen LogP contribution in [0.1, 0.15) is 16.8 Å². The average molecular weight is 382 g/mol. The van der Waals surface area contributed by atoms with E-state index in [-0.39, 0.29) is 5.91 Å². The van der Waals surface area contributed by atoms with Crippen molar-refractivity contribution in [1.82, 2.24) is 9.78 Å². The maximum atomic E-state index is 12.5. The standard InChI is InChI=1S/C20H16ClN3OS/c21-17-9-5-4-6-14(17)10-11-19(25)22-20-16-12-26-13-18(16)23-24(20)15-7-2-1-3-8-15/h1-11H,12-13H2,(H,22,25)/b11-10+. The number of hydrogen-bond acceptors (Lipinski definition) is 3. The van der Waals surface area contributed by atoms with E-state index in [2.05, 4.69) is 10.4 Å². The van der Waals surface area contributed by atoms with E-state index >= 15 is 0 Å². The predicted molar refractivity (Wildman–Crippen MR) is 108 cm³/mol. The topological polar surface area (TPSA) is 46.9 Å². The van der Waals surface area contributed by atoms with Crippen LogP contribution in [0.5, 0.6) is 0 Å². The summed E-state index contributed by atoms with van der Waals surface area (Å²) in [4.78, 5) is 12.5. The maximum absolute atomic E-state index is 12.5. The third kappa shape index (κ3) is 3.41. The first-order chi connectivity index (χ1) is 12.7. The first kappa shape index (κ1) is 16.9. The molecule has 1 N–H and O–H groups in total. The zero-order valence-electron chi connectivity index (χ0n) is 13.9. The minimum Gasteiger partial charge on any atom is -0.307 e. The molecule has 1 aliphatic heterocycles. The molecule has 0 aliphatic carbocycles. The number of thioether (sulfide) groups is 1. The van der Waals surface area contributed by atoms with E-state index in [0.29, 0.717) is 5.02 Å². The van der Waals surface area contributed by atoms with Crippen LogP contribution in [-0.2, 0) is 16.3 Å². The van der Waals surface area contributed by atoms with Crippen molar-refractivity contribution in [2.45, 2.75) is 11.5 Å². The number of amides is 1. The Balaban J connectivity index is 1.62. The van der Waals surface area contributed by atoms with Gasteiger partial charge in [0, 0.05) is 28.2 Å². The normalized spacial score (nSPS) is 13.1. The van der Waals surface area contributed by atoms with Gasteiger partial charge in [0.15, 0.2) is 0 Å². The summed E-state index contributed by atoms with van der Waals surface area (Å²) in [5, 5.41) is 8.29. The quantitative estimate of drug-likeness (QED) is 0.652. The molecule has 6 heteroatoms. The Morgan fingerprint density at radius 3 is 2.69 bits per heavy atom. The van der Waals surface area contributed by atoms with E-state index in [1.165, 1.54) is 6.08 Å². The Hall–Kier alpha value is -2.50. The number of halogens is 1. The molecule has 0 saturated heterocycles. The summed E-state index contributed by atoms with van der Waals surface area (Å²) < 4.78 is 1.81. The Labute approximate surface area is 160 Å². The van der Waals surface area contributed by atoms with Gasteiger partial charge in [-0.1, -0.05) is 48.0 Å². The van der Waals surface area contributed by atoms with Crippen LogP contribution in [0.2, 0.25) is 5.02 Å². The molecule has 3 aromatic rings. The Bertz CT molecular complexity index is 982. The highest BCUT2D eigenvalue weighted by Gasteiger charge is 2.24. The minimum atomic E-state index is -0.207. The van der Waals surface area contributed by atoms with Crippen molar-refractivity contribution < 1.29 is 4.79 Å². The van der Waals surface area contributed by atoms with Crippen molar-refractivity contribution in [3.05, 3.63) is 82.5 Å². The van der Waals surface area contributed by atoms with Gasteiger partial charge in [0.25, 0.3) is 0 Å². The van der Waals surface area contributed by atoms with E-state index in [0.717, 1.165) is 39.8 Å². The van der Waals surface area contributed by atoms with Crippen LogP contribution in [-0.4, -0.2) is 15.7 Å². The lowest BCUT2D eigenvalue weighted by Crippen LogP contribution is -2.13. The van der Waals surface area contributed by atoms with Crippen molar-refractivity contribution in [2.75, 3.05) is 5.32 Å². The van der Waals surface area contributed by atoms with E-state index in [1.807, 2.05) is 53.2 Å². The highest BCUT2D eigenvalue weighted by molar-refractivity contribution is 7.98. The molecule has 0 fully saturated rings. The van der Waals surface area contributed by atoms with Crippen LogP contribution in [0.25, 0.3) is 11.8 Å². The number of para-hydroxylation sites is 1. The number of nitrogens with zero attached hydrogens (tertiary/aromatic N) is 2. The van der Waals surface area contributed by atoms with Crippen LogP contribution in [0, 0.1) is 0 Å². The van der Waals surface area contributed by atoms with Gasteiger partial charge in [-0.05, 0) is 29.8 Å². The van der Waals surface area contributed by atoms with Gasteiger partial charge < -0.3 is 5.32 Å². The van der Waals surface area contributed by atoms with Crippen molar-refractivity contribution >= 4 is 41.2 Å². The second kappa shape index (κ2) is 7.40. The van der Waals surface area contributed by atoms with Crippen LogP contribution < -0.4 is 5.32 Å². The largest absolute Gasteiger partial charge is 0.307 e. The van der Waals surface area contributed by atoms with Gasteiger partial charge in [0.2, 0.25) is 5.91 Å². The SMILES string of the molecule is O=C(/C=C/c1ccccc1Cl)Nc1c2c(nn1-c1ccccc1)CSC2. The lowest BCUT2D eigenvalue weighted by Gasteiger charge is -2.09. The molecule has 1 amide bonds. The third-order valence-corrected chi connectivity index (χ3v) is 5.43. The van der Waals surface area contributed by atoms with Crippen LogP contribution in [0.4, 0.5) is 5.82 Å². The van der Waals surface area contributed by atoms with E-state index in [4.69, 9.17) is 11.6 Å². The fourth-order valence-corrected chi connectivity index (χ4v) is 4.07. The van der Waals surface area contributed by atoms with Gasteiger partial charge in [-0.3, -0.25) is 4.79 Å². The zero-order valence-corrected chi connectivity index (χ0v) is 15.4. The minimum absolute atomic E-state index is 0.207. The molecule has 0 spiro atoms. The molecule has 1 aromatic heterocycles. The van der Waals surface area contributed by atoms with Crippen molar-refractivity contribution in [3.63, 3.8) is 0 Å². The second-order valence-electron chi connectivity index (χ2n) is 5.86. The fraction of sp³-hybridized carbons (Fsp3) is 0.100. The van der Waals surface area contributed by atoms with E-state index in [9.17, 15) is 4.79 Å². The molecule has 2 aromatic carbocycles. The maximum Gasteiger partial charge on any atom is 0.249 e. The number of aromatic nitrogens is 2. The van der Waals surface area contributed by atoms with E-state index < -0.39 is 0 Å². The number of rotatable bonds is 4. The summed E-state index contributed by atoms with van der Waals surface area (Å²) in [6, 6.07) is 17.2. The molecule has 0 saturated carbocycles. The van der Waals surface area contributed by atoms with Gasteiger partial charge >= 0.3 is 0 Å². The molecule has 4 nitrogen and oxygen atoms in total. The lowest BCUT2D eigenvalue weighted by molar-refractivity contribution is -0.111. The Morgan fingerprint density at radius 2 is 1.88 bits per heavy atom. The molecule has 2 heterocycles. The van der Waals surface area contributed by atoms with Crippen LogP contribution >= 0.6 is 23.4 Å². The van der Waals surface area contributed by atoms with Gasteiger partial charge in [0.1, 0.15) is 5.82 Å². The lowest BCUT2D eigenvalue weighted by atomic mass is 10.2. The van der Waals surface area contributed by atoms with Gasteiger partial charge in [-0.25, -0.2) is 4.68 Å². The van der Waals surface area contributed by atoms with Crippen molar-refractivity contribution in [2.24, 2.45) is 0 Å². The van der Waals surface area contributed by atoms with Crippen molar-refractivity contribution in [3.8, 4) is 5.69 Å². The smallest absolute Gasteiger partial charge is 0.249 e. The number of fused-ring (bicyclic) bond motifs is 1. The number of benzene rings is 2. The van der Waals surface area contributed by atoms with Gasteiger partial charge in [-0.15, -0.1) is 0 Å². The van der Waals surface area contributed by atoms with Crippen molar-refractivity contribution in [1.29, 1.82) is 0 Å². The Morgan fingerprint density at radius 1 is 1.12 bits per heavy atom. The second-order valence-corrected chi connectivity index (χ2v) is 7.25. The van der Waals surface area contributed by atoms with Crippen LogP contribution in [0.3, 0.4) is 0 Å². The monoisotopic (exact) mass is 381 g/mol. The highest BCUT2D eigenvalue weighted by Crippen LogP contribution is 2.36. The Kier molecular flexibility index (Phi) is 4.82. The van der Waals surface area contributed by atoms with E-state index in [1.54, 1.807) is 23.9 Å². The predicted octanol–water partition coefficient (Wildman–Crippen LogP) is 4.92. The molecule has 4 rings (SSSR count). The fourth-order valence-electron chi connectivity index (χ4n) is 2.83. The summed E-state index contributed by atoms with van der Waals surface area (Å²) in [7, 11) is 0. The molecule has 26 heavy (non-hydrogen) atoms. The summed E-state index contributed by atoms with van der Waals surface area (Å²) in [6.45, 7) is 0. The summed E-state index contributed by atoms with van der Waals surface area (Å²) >= 11 is 7.94. The molecule has 1 aliphatic rings. The average Bonchev–Trinajstić information content (AvgIpc) is 3.24. The number of carbonyl (C=O) groups is 1. The first-order valence-electron chi connectivity index (χ1n) is 8.20. The molecule has 130 valence electrons. The molecular weight excluding hydrogens is 366 g/mol. The van der Waals surface area contributed by atoms with Gasteiger partial charge in [-0.2, -0.15) is 16.9 Å². The summed E-state index contributed by atoms with van der Waals surface area (Å²) in [5.74, 6) is 2.26. The molecule has 0 radical (unpaired) electrons. The summed E-state index contributed by atoms with van der Waals surface area (Å²) in [5.41, 5.74) is 3.86. The highest BCUT2D eigenvalue weighted by atomic mass is 35.5. The number of carbonyl (C=O) groups excluding carboxylic acids is 1. The molecule has 0 atom stereocenters. The molecule has 0 unspecified atom stereocenters. The molecule has 0 bridgehead atoms. The van der Waals surface area contributed by atoms with Crippen LogP contribution in [0.15, 0.2) is 60.7 Å². The zero-order chi connectivity index (χ0) is 17.9. The molecular formula is C20H16ClN3OS. The van der Waals surface area contributed by atoms with Gasteiger partial charge in [0.05, 0.1) is 11.4 Å². The third-order valence-electron chi connectivity index (χ3n) is 4.11. The number of hydrogen-bond donors (Lipinski definition) is 1.